The lowest BCUT2D eigenvalue weighted by molar-refractivity contribution is -0.138. The molecule has 0 aliphatic carbocycles. The highest BCUT2D eigenvalue weighted by Gasteiger charge is 2.28. The minimum Gasteiger partial charge on any atom is -0.481 e. The number of aromatic nitrogens is 1. The number of carbonyl (C=O) groups excluding carboxylic acids is 1. The Labute approximate surface area is 230 Å². The molecule has 2 aromatic carbocycles. The predicted octanol–water partition coefficient (Wildman–Crippen LogP) is 4.74. The van der Waals surface area contributed by atoms with Crippen molar-refractivity contribution in [3.05, 3.63) is 83.6 Å². The standard InChI is InChI=1S/C32H38N4O3/c37-31(34-21-29(32(38)39)26-11-4-10-25(20-26)23-8-2-1-3-9-23)27-13-6-18-36(22-27)19-7-14-28-16-15-24-12-5-17-33-30(24)35-28/h1-4,8-11,15-16,20,27,29H,5-7,12-14,17-19,21-22H2,(H,33,35)(H,34,37)(H,38,39)/t27-,29?/m1/s1. The number of hydrogen-bond acceptors (Lipinski definition) is 5. The number of hydrogen-bond donors (Lipinski definition) is 3. The van der Waals surface area contributed by atoms with Crippen LogP contribution in [0.15, 0.2) is 66.7 Å². The molecule has 3 heterocycles. The average Bonchev–Trinajstić information content (AvgIpc) is 2.98. The van der Waals surface area contributed by atoms with E-state index in [2.05, 4.69) is 27.7 Å². The second kappa shape index (κ2) is 12.9. The monoisotopic (exact) mass is 526 g/mol. The number of nitrogens with zero attached hydrogens (tertiary/aromatic N) is 2. The van der Waals surface area contributed by atoms with Gasteiger partial charge in [0.25, 0.3) is 0 Å². The lowest BCUT2D eigenvalue weighted by atomic mass is 9.93. The highest BCUT2D eigenvalue weighted by molar-refractivity contribution is 5.82. The molecule has 0 spiro atoms. The second-order valence-electron chi connectivity index (χ2n) is 10.7. The van der Waals surface area contributed by atoms with Gasteiger partial charge in [0.1, 0.15) is 5.82 Å². The fourth-order valence-corrected chi connectivity index (χ4v) is 5.72. The molecule has 1 fully saturated rings. The number of nitrogens with one attached hydrogen (secondary N) is 2. The van der Waals surface area contributed by atoms with Gasteiger partial charge in [0.15, 0.2) is 0 Å². The van der Waals surface area contributed by atoms with E-state index in [0.29, 0.717) is 12.1 Å². The van der Waals surface area contributed by atoms with E-state index in [-0.39, 0.29) is 18.4 Å². The van der Waals surface area contributed by atoms with E-state index in [1.165, 1.54) is 5.56 Å². The van der Waals surface area contributed by atoms with Crippen LogP contribution < -0.4 is 10.6 Å². The Morgan fingerprint density at radius 1 is 1.05 bits per heavy atom. The summed E-state index contributed by atoms with van der Waals surface area (Å²) in [6.45, 7) is 3.72. The van der Waals surface area contributed by atoms with E-state index in [4.69, 9.17) is 4.98 Å². The number of likely N-dealkylation sites (tertiary alicyclic amines) is 1. The van der Waals surface area contributed by atoms with Gasteiger partial charge in [-0.15, -0.1) is 0 Å². The van der Waals surface area contributed by atoms with Gasteiger partial charge >= 0.3 is 5.97 Å². The van der Waals surface area contributed by atoms with Crippen LogP contribution in [0.25, 0.3) is 11.1 Å². The Balaban J connectivity index is 1.12. The molecule has 1 unspecified atom stereocenters. The van der Waals surface area contributed by atoms with E-state index in [1.54, 1.807) is 0 Å². The number of carbonyl (C=O) groups is 2. The molecule has 2 aliphatic rings. The maximum Gasteiger partial charge on any atom is 0.312 e. The van der Waals surface area contributed by atoms with Crippen molar-refractivity contribution in [2.75, 3.05) is 38.0 Å². The summed E-state index contributed by atoms with van der Waals surface area (Å²) >= 11 is 0. The molecule has 204 valence electrons. The molecule has 0 radical (unpaired) electrons. The largest absolute Gasteiger partial charge is 0.481 e. The molecule has 2 aliphatic heterocycles. The zero-order valence-corrected chi connectivity index (χ0v) is 22.4. The second-order valence-corrected chi connectivity index (χ2v) is 10.7. The van der Waals surface area contributed by atoms with Gasteiger partial charge in [-0.05, 0) is 79.9 Å². The molecular weight excluding hydrogens is 488 g/mol. The first-order valence-electron chi connectivity index (χ1n) is 14.2. The summed E-state index contributed by atoms with van der Waals surface area (Å²) in [5.41, 5.74) is 5.12. The third-order valence-electron chi connectivity index (χ3n) is 7.91. The first-order valence-corrected chi connectivity index (χ1v) is 14.2. The summed E-state index contributed by atoms with van der Waals surface area (Å²) in [4.78, 5) is 32.4. The van der Waals surface area contributed by atoms with Crippen molar-refractivity contribution >= 4 is 17.7 Å². The summed E-state index contributed by atoms with van der Waals surface area (Å²) in [6.07, 6.45) is 5.99. The van der Waals surface area contributed by atoms with Crippen molar-refractivity contribution < 1.29 is 14.7 Å². The van der Waals surface area contributed by atoms with E-state index >= 15 is 0 Å². The number of aryl methyl sites for hydroxylation is 2. The molecule has 1 aromatic heterocycles. The van der Waals surface area contributed by atoms with E-state index in [9.17, 15) is 14.7 Å². The lowest BCUT2D eigenvalue weighted by Crippen LogP contribution is -2.44. The summed E-state index contributed by atoms with van der Waals surface area (Å²) < 4.78 is 0. The average molecular weight is 527 g/mol. The number of carboxylic acid groups (broad SMARTS) is 1. The number of fused-ring (bicyclic) bond motifs is 1. The fraction of sp³-hybridized carbons (Fsp3) is 0.406. The SMILES string of the molecule is O=C(O)C(CNC(=O)[C@@H]1CCCN(CCCc2ccc3c(n2)NCCC3)C1)c1cccc(-c2ccccc2)c1. The smallest absolute Gasteiger partial charge is 0.312 e. The molecule has 1 saturated heterocycles. The van der Waals surface area contributed by atoms with E-state index in [1.807, 2.05) is 54.6 Å². The first-order chi connectivity index (χ1) is 19.1. The van der Waals surface area contributed by atoms with Crippen LogP contribution in [0.4, 0.5) is 5.82 Å². The Morgan fingerprint density at radius 2 is 1.90 bits per heavy atom. The first kappa shape index (κ1) is 26.9. The van der Waals surface area contributed by atoms with Crippen LogP contribution in [-0.4, -0.2) is 59.6 Å². The lowest BCUT2D eigenvalue weighted by Gasteiger charge is -2.32. The maximum absolute atomic E-state index is 13.1. The molecule has 0 saturated carbocycles. The van der Waals surface area contributed by atoms with Crippen LogP contribution in [0.1, 0.15) is 48.4 Å². The van der Waals surface area contributed by atoms with Crippen molar-refractivity contribution in [1.29, 1.82) is 0 Å². The van der Waals surface area contributed by atoms with Gasteiger partial charge in [0, 0.05) is 25.3 Å². The van der Waals surface area contributed by atoms with Crippen LogP contribution in [0.2, 0.25) is 0 Å². The van der Waals surface area contributed by atoms with Crippen LogP contribution >= 0.6 is 0 Å². The molecule has 1 amide bonds. The number of carboxylic acids is 1. The van der Waals surface area contributed by atoms with Crippen LogP contribution in [0, 0.1) is 5.92 Å². The number of aliphatic carboxylic acids is 1. The number of benzene rings is 2. The molecule has 5 rings (SSSR count). The number of pyridine rings is 1. The minimum absolute atomic E-state index is 0.0485. The van der Waals surface area contributed by atoms with E-state index in [0.717, 1.165) is 80.8 Å². The summed E-state index contributed by atoms with van der Waals surface area (Å²) in [5, 5.41) is 16.3. The summed E-state index contributed by atoms with van der Waals surface area (Å²) in [7, 11) is 0. The molecule has 2 atom stereocenters. The Hall–Kier alpha value is -3.71. The Kier molecular flexibility index (Phi) is 8.89. The molecule has 3 aromatic rings. The van der Waals surface area contributed by atoms with E-state index < -0.39 is 11.9 Å². The van der Waals surface area contributed by atoms with Gasteiger partial charge in [-0.3, -0.25) is 9.59 Å². The number of anilines is 1. The third kappa shape index (κ3) is 7.03. The van der Waals surface area contributed by atoms with Crippen LogP contribution in [0.5, 0.6) is 0 Å². The number of amides is 1. The van der Waals surface area contributed by atoms with Gasteiger partial charge < -0.3 is 20.6 Å². The highest BCUT2D eigenvalue weighted by Crippen LogP contribution is 2.25. The van der Waals surface area contributed by atoms with Gasteiger partial charge in [0.05, 0.1) is 11.8 Å². The Morgan fingerprint density at radius 3 is 2.74 bits per heavy atom. The molecule has 0 bridgehead atoms. The van der Waals surface area contributed by atoms with Gasteiger partial charge in [-0.25, -0.2) is 4.98 Å². The van der Waals surface area contributed by atoms with Crippen molar-refractivity contribution in [3.63, 3.8) is 0 Å². The van der Waals surface area contributed by atoms with Gasteiger partial charge in [-0.1, -0.05) is 60.7 Å². The van der Waals surface area contributed by atoms with Crippen molar-refractivity contribution in [3.8, 4) is 11.1 Å². The van der Waals surface area contributed by atoms with Crippen molar-refractivity contribution in [1.82, 2.24) is 15.2 Å². The summed E-state index contributed by atoms with van der Waals surface area (Å²) in [5.74, 6) is -0.852. The molecule has 7 heteroatoms. The maximum atomic E-state index is 13.1. The summed E-state index contributed by atoms with van der Waals surface area (Å²) in [6, 6.07) is 21.8. The number of piperidine rings is 1. The molecule has 7 nitrogen and oxygen atoms in total. The van der Waals surface area contributed by atoms with Crippen molar-refractivity contribution in [2.24, 2.45) is 5.92 Å². The molecule has 3 N–H and O–H groups in total. The molecular formula is C32H38N4O3. The topological polar surface area (TPSA) is 94.6 Å². The van der Waals surface area contributed by atoms with Crippen molar-refractivity contribution in [2.45, 2.75) is 44.4 Å². The normalized spacial score (nSPS) is 18.0. The zero-order valence-electron chi connectivity index (χ0n) is 22.4. The van der Waals surface area contributed by atoms with Crippen LogP contribution in [0.3, 0.4) is 0 Å². The predicted molar refractivity (Wildman–Crippen MR) is 154 cm³/mol. The number of rotatable bonds is 10. The highest BCUT2D eigenvalue weighted by atomic mass is 16.4. The Bertz CT molecular complexity index is 1280. The molecule has 39 heavy (non-hydrogen) atoms. The van der Waals surface area contributed by atoms with Crippen LogP contribution in [-0.2, 0) is 22.4 Å². The third-order valence-corrected chi connectivity index (χ3v) is 7.91. The van der Waals surface area contributed by atoms with Gasteiger partial charge in [-0.2, -0.15) is 0 Å². The minimum atomic E-state index is -0.934. The van der Waals surface area contributed by atoms with Gasteiger partial charge in [0.2, 0.25) is 5.91 Å². The fourth-order valence-electron chi connectivity index (χ4n) is 5.72. The zero-order chi connectivity index (χ0) is 27.0. The quantitative estimate of drug-likeness (QED) is 0.353.